The summed E-state index contributed by atoms with van der Waals surface area (Å²) in [5, 5.41) is 11.7. The molecule has 0 radical (unpaired) electrons. The number of fused-ring (bicyclic) bond motifs is 1. The van der Waals surface area contributed by atoms with Crippen LogP contribution in [-0.2, 0) is 27.4 Å². The zero-order valence-corrected chi connectivity index (χ0v) is 29.6. The standard InChI is InChI=1S/C40H42N4O8/c1-6-12-29-19-26(20-34(49-7-2)38(29)52-23-30-15-11-14-27-13-9-10-16-31(27)30)22-41-44-35(45)24-51-32-18-17-28(21-33(32)48-5)37-36(39(46)50-8-3)25(4)42-40(47)43-37/h6,9-11,13-22,37H,1,7-8,12,23-24H2,2-5H3,(H,44,45)(H2,42,43,47)/b41-22-/t37-/m0/s1. The second-order valence-corrected chi connectivity index (χ2v) is 11.6. The SMILES string of the molecule is C=CCc1cc(/C=N\NC(=O)COc2ccc([C@@H]3NC(=O)NC(C)=C3C(=O)OCC)cc2OC)cc(OCC)c1OCc1cccc2ccccc12. The van der Waals surface area contributed by atoms with Gasteiger partial charge in [0.15, 0.2) is 29.6 Å². The van der Waals surface area contributed by atoms with Crippen molar-refractivity contribution in [3.8, 4) is 23.0 Å². The lowest BCUT2D eigenvalue weighted by molar-refractivity contribution is -0.139. The van der Waals surface area contributed by atoms with Gasteiger partial charge < -0.3 is 34.3 Å². The van der Waals surface area contributed by atoms with E-state index >= 15 is 0 Å². The minimum atomic E-state index is -0.784. The number of rotatable bonds is 16. The number of nitrogens with zero attached hydrogens (tertiary/aromatic N) is 1. The Kier molecular flexibility index (Phi) is 12.5. The fraction of sp³-hybridized carbons (Fsp3) is 0.250. The molecule has 0 aromatic heterocycles. The fourth-order valence-electron chi connectivity index (χ4n) is 5.82. The van der Waals surface area contributed by atoms with Crippen LogP contribution in [0.5, 0.6) is 23.0 Å². The van der Waals surface area contributed by atoms with E-state index in [0.717, 1.165) is 21.9 Å². The topological polar surface area (TPSA) is 146 Å². The van der Waals surface area contributed by atoms with E-state index in [4.69, 9.17) is 23.7 Å². The summed E-state index contributed by atoms with van der Waals surface area (Å²) in [6.07, 6.45) is 3.83. The molecule has 4 aromatic rings. The van der Waals surface area contributed by atoms with E-state index in [1.165, 1.54) is 13.3 Å². The Hall–Kier alpha value is -6.30. The Labute approximate surface area is 302 Å². The first-order chi connectivity index (χ1) is 25.3. The van der Waals surface area contributed by atoms with Crippen molar-refractivity contribution in [2.45, 2.75) is 39.8 Å². The molecule has 0 fully saturated rings. The first kappa shape index (κ1) is 37.0. The highest BCUT2D eigenvalue weighted by Crippen LogP contribution is 2.36. The summed E-state index contributed by atoms with van der Waals surface area (Å²) >= 11 is 0. The van der Waals surface area contributed by atoms with Crippen LogP contribution in [0, 0.1) is 0 Å². The zero-order valence-electron chi connectivity index (χ0n) is 29.6. The van der Waals surface area contributed by atoms with Gasteiger partial charge in [0.05, 0.1) is 38.2 Å². The first-order valence-electron chi connectivity index (χ1n) is 16.8. The number of hydrogen-bond acceptors (Lipinski definition) is 9. The Balaban J connectivity index is 1.25. The maximum Gasteiger partial charge on any atom is 0.338 e. The third-order valence-corrected chi connectivity index (χ3v) is 8.12. The molecule has 5 rings (SSSR count). The van der Waals surface area contributed by atoms with E-state index in [1.807, 2.05) is 43.3 Å². The van der Waals surface area contributed by atoms with E-state index in [0.29, 0.717) is 53.7 Å². The molecule has 1 heterocycles. The molecule has 1 aliphatic rings. The van der Waals surface area contributed by atoms with Crippen LogP contribution in [0.25, 0.3) is 10.8 Å². The normalized spacial score (nSPS) is 14.0. The van der Waals surface area contributed by atoms with Gasteiger partial charge in [-0.05, 0) is 78.9 Å². The fourth-order valence-corrected chi connectivity index (χ4v) is 5.82. The van der Waals surface area contributed by atoms with Crippen LogP contribution in [0.3, 0.4) is 0 Å². The lowest BCUT2D eigenvalue weighted by Crippen LogP contribution is -2.45. The molecule has 0 saturated carbocycles. The number of esters is 1. The van der Waals surface area contributed by atoms with E-state index in [2.05, 4.69) is 45.9 Å². The molecule has 3 N–H and O–H groups in total. The summed E-state index contributed by atoms with van der Waals surface area (Å²) in [5.74, 6) is 0.679. The van der Waals surface area contributed by atoms with Gasteiger partial charge in [0, 0.05) is 11.3 Å². The maximum absolute atomic E-state index is 12.7. The summed E-state index contributed by atoms with van der Waals surface area (Å²) in [6, 6.07) is 21.7. The summed E-state index contributed by atoms with van der Waals surface area (Å²) in [7, 11) is 1.45. The van der Waals surface area contributed by atoms with Gasteiger partial charge in [-0.3, -0.25) is 4.79 Å². The lowest BCUT2D eigenvalue weighted by Gasteiger charge is -2.28. The predicted molar refractivity (Wildman–Crippen MR) is 198 cm³/mol. The zero-order chi connectivity index (χ0) is 37.0. The van der Waals surface area contributed by atoms with Gasteiger partial charge >= 0.3 is 12.0 Å². The van der Waals surface area contributed by atoms with Crippen molar-refractivity contribution in [1.82, 2.24) is 16.1 Å². The number of ether oxygens (including phenoxy) is 5. The van der Waals surface area contributed by atoms with E-state index in [1.54, 1.807) is 38.1 Å². The molecule has 270 valence electrons. The minimum absolute atomic E-state index is 0.178. The lowest BCUT2D eigenvalue weighted by atomic mass is 9.95. The van der Waals surface area contributed by atoms with Crippen LogP contribution >= 0.6 is 0 Å². The van der Waals surface area contributed by atoms with Crippen molar-refractivity contribution in [1.29, 1.82) is 0 Å². The van der Waals surface area contributed by atoms with Gasteiger partial charge in [-0.25, -0.2) is 15.0 Å². The molecular weight excluding hydrogens is 664 g/mol. The molecule has 1 atom stereocenters. The first-order valence-corrected chi connectivity index (χ1v) is 16.8. The monoisotopic (exact) mass is 706 g/mol. The van der Waals surface area contributed by atoms with Crippen LogP contribution in [0.2, 0.25) is 0 Å². The van der Waals surface area contributed by atoms with Gasteiger partial charge in [0.2, 0.25) is 0 Å². The summed E-state index contributed by atoms with van der Waals surface area (Å²) < 4.78 is 28.8. The number of hydrazone groups is 1. The number of allylic oxidation sites excluding steroid dienone is 2. The number of urea groups is 1. The number of methoxy groups -OCH3 is 1. The predicted octanol–water partition coefficient (Wildman–Crippen LogP) is 6.27. The molecule has 0 saturated heterocycles. The number of benzene rings is 4. The van der Waals surface area contributed by atoms with Gasteiger partial charge in [-0.15, -0.1) is 6.58 Å². The van der Waals surface area contributed by atoms with Crippen molar-refractivity contribution < 1.29 is 38.1 Å². The van der Waals surface area contributed by atoms with Crippen LogP contribution in [0.4, 0.5) is 4.79 Å². The Bertz CT molecular complexity index is 2020. The van der Waals surface area contributed by atoms with Crippen LogP contribution < -0.4 is 35.0 Å². The van der Waals surface area contributed by atoms with Crippen molar-refractivity contribution in [2.24, 2.45) is 5.10 Å². The number of carbonyl (C=O) groups is 3. The van der Waals surface area contributed by atoms with Crippen molar-refractivity contribution >= 4 is 34.9 Å². The van der Waals surface area contributed by atoms with Crippen LogP contribution in [0.1, 0.15) is 49.1 Å². The van der Waals surface area contributed by atoms with E-state index < -0.39 is 23.9 Å². The quantitative estimate of drug-likeness (QED) is 0.0535. The average molecular weight is 707 g/mol. The second kappa shape index (κ2) is 17.6. The van der Waals surface area contributed by atoms with Gasteiger partial charge in [0.25, 0.3) is 5.91 Å². The van der Waals surface area contributed by atoms with Crippen molar-refractivity contribution in [2.75, 3.05) is 26.9 Å². The van der Waals surface area contributed by atoms with E-state index in [9.17, 15) is 14.4 Å². The molecule has 0 unspecified atom stereocenters. The average Bonchev–Trinajstić information content (AvgIpc) is 3.13. The Morgan fingerprint density at radius 1 is 0.923 bits per heavy atom. The number of hydrogen-bond donors (Lipinski definition) is 3. The molecule has 52 heavy (non-hydrogen) atoms. The third-order valence-electron chi connectivity index (χ3n) is 8.12. The van der Waals surface area contributed by atoms with Crippen LogP contribution in [0.15, 0.2) is 102 Å². The second-order valence-electron chi connectivity index (χ2n) is 11.6. The molecule has 0 spiro atoms. The Morgan fingerprint density at radius 2 is 1.73 bits per heavy atom. The number of amides is 3. The maximum atomic E-state index is 12.7. The minimum Gasteiger partial charge on any atom is -0.493 e. The molecule has 4 aromatic carbocycles. The molecular formula is C40H42N4O8. The molecule has 1 aliphatic heterocycles. The summed E-state index contributed by atoms with van der Waals surface area (Å²) in [5.41, 5.74) is 6.29. The molecule has 12 nitrogen and oxygen atoms in total. The smallest absolute Gasteiger partial charge is 0.338 e. The van der Waals surface area contributed by atoms with Gasteiger partial charge in [0.1, 0.15) is 6.61 Å². The van der Waals surface area contributed by atoms with Crippen molar-refractivity contribution in [3.05, 3.63) is 119 Å². The highest BCUT2D eigenvalue weighted by atomic mass is 16.5. The molecule has 3 amide bonds. The highest BCUT2D eigenvalue weighted by Gasteiger charge is 2.32. The largest absolute Gasteiger partial charge is 0.493 e. The Morgan fingerprint density at radius 3 is 2.50 bits per heavy atom. The molecule has 0 bridgehead atoms. The number of nitrogens with one attached hydrogen (secondary N) is 3. The van der Waals surface area contributed by atoms with Crippen molar-refractivity contribution in [3.63, 3.8) is 0 Å². The third kappa shape index (κ3) is 8.88. The summed E-state index contributed by atoms with van der Waals surface area (Å²) in [4.78, 5) is 37.7. The van der Waals surface area contributed by atoms with Gasteiger partial charge in [-0.1, -0.05) is 54.6 Å². The van der Waals surface area contributed by atoms with Gasteiger partial charge in [-0.2, -0.15) is 5.10 Å². The summed E-state index contributed by atoms with van der Waals surface area (Å²) in [6.45, 7) is 9.72. The number of carbonyl (C=O) groups excluding carboxylic acids is 3. The molecule has 12 heteroatoms. The van der Waals surface area contributed by atoms with Crippen LogP contribution in [-0.4, -0.2) is 51.1 Å². The highest BCUT2D eigenvalue weighted by molar-refractivity contribution is 5.95. The van der Waals surface area contributed by atoms with E-state index in [-0.39, 0.29) is 24.5 Å². The molecule has 0 aliphatic carbocycles.